The van der Waals surface area contributed by atoms with Gasteiger partial charge in [-0.3, -0.25) is 14.4 Å². The Balaban J connectivity index is 0.000000301. The third-order valence-corrected chi connectivity index (χ3v) is 8.28. The number of nitrogens with zero attached hydrogens (tertiary/aromatic N) is 2. The first-order valence-corrected chi connectivity index (χ1v) is 15.3. The molecule has 5 nitrogen and oxygen atoms in total. The van der Waals surface area contributed by atoms with Gasteiger partial charge in [-0.15, -0.1) is 0 Å². The first kappa shape index (κ1) is 29.5. The van der Waals surface area contributed by atoms with Gasteiger partial charge >= 0.3 is 0 Å². The molecule has 2 aliphatic heterocycles. The van der Waals surface area contributed by atoms with E-state index in [2.05, 4.69) is 12.1 Å². The molecule has 0 N–H and O–H groups in total. The van der Waals surface area contributed by atoms with Crippen molar-refractivity contribution in [1.82, 2.24) is 9.80 Å². The van der Waals surface area contributed by atoms with Crippen LogP contribution < -0.4 is 0 Å². The van der Waals surface area contributed by atoms with Crippen molar-refractivity contribution in [1.29, 1.82) is 0 Å². The zero-order chi connectivity index (χ0) is 31.3. The molecule has 0 aromatic heterocycles. The van der Waals surface area contributed by atoms with Crippen LogP contribution in [0.5, 0.6) is 0 Å². The van der Waals surface area contributed by atoms with Crippen molar-refractivity contribution in [3.63, 3.8) is 0 Å². The quantitative estimate of drug-likeness (QED) is 0.294. The minimum atomic E-state index is -0.0164. The fourth-order valence-electron chi connectivity index (χ4n) is 6.15. The van der Waals surface area contributed by atoms with E-state index in [1.807, 2.05) is 127 Å². The van der Waals surface area contributed by atoms with Gasteiger partial charge < -0.3 is 9.80 Å². The normalized spacial score (nSPS) is 16.3. The van der Waals surface area contributed by atoms with Crippen molar-refractivity contribution in [2.24, 2.45) is 0 Å². The van der Waals surface area contributed by atoms with Gasteiger partial charge in [-0.2, -0.15) is 0 Å². The maximum Gasteiger partial charge on any atom is 0.254 e. The molecule has 2 heterocycles. The maximum atomic E-state index is 13.6. The zero-order valence-corrected chi connectivity index (χ0v) is 25.4. The highest BCUT2D eigenvalue weighted by Gasteiger charge is 2.36. The van der Waals surface area contributed by atoms with Crippen molar-refractivity contribution >= 4 is 34.2 Å². The van der Waals surface area contributed by atoms with Crippen LogP contribution in [0.25, 0.3) is 16.7 Å². The molecule has 45 heavy (non-hydrogen) atoms. The number of fused-ring (bicyclic) bond motifs is 2. The van der Waals surface area contributed by atoms with Gasteiger partial charge in [0.1, 0.15) is 0 Å². The standard InChI is InChI=1S/C32H27NO2.C8H7NO/c1-3-33(4-2)32(35)25-19-12-11-18-24(25)31-28(22-14-7-5-8-15-22)26-20-13-21-27(34)30(26)29(31)23-16-9-6-10-17-23;10-8-4-6-9-5-2-1-3-7(8)9/h5-21H,3-4H2,1-2H3;2-6H,1H2. The second-order valence-corrected chi connectivity index (χ2v) is 10.9. The average Bonchev–Trinajstić information content (AvgIpc) is 3.65. The summed E-state index contributed by atoms with van der Waals surface area (Å²) in [5, 5.41) is 0. The van der Waals surface area contributed by atoms with Gasteiger partial charge in [-0.1, -0.05) is 103 Å². The minimum absolute atomic E-state index is 0.00349. The molecule has 5 heteroatoms. The predicted octanol–water partition coefficient (Wildman–Crippen LogP) is 7.80. The summed E-state index contributed by atoms with van der Waals surface area (Å²) in [5.41, 5.74) is 8.65. The van der Waals surface area contributed by atoms with Crippen LogP contribution in [0.4, 0.5) is 0 Å². The number of benzene rings is 3. The summed E-state index contributed by atoms with van der Waals surface area (Å²) < 4.78 is 0. The van der Waals surface area contributed by atoms with Crippen LogP contribution in [0.15, 0.2) is 151 Å². The Morgan fingerprint density at radius 2 is 1.36 bits per heavy atom. The number of ketones is 2. The molecule has 0 spiro atoms. The summed E-state index contributed by atoms with van der Waals surface area (Å²) in [6, 6.07) is 27.9. The van der Waals surface area contributed by atoms with Crippen LogP contribution in [0.1, 0.15) is 47.3 Å². The topological polar surface area (TPSA) is 57.7 Å². The molecule has 2 aliphatic carbocycles. The first-order chi connectivity index (χ1) is 22.0. The molecule has 3 aromatic carbocycles. The summed E-state index contributed by atoms with van der Waals surface area (Å²) in [6.07, 6.45) is 15.6. The molecule has 0 fully saturated rings. The summed E-state index contributed by atoms with van der Waals surface area (Å²) in [6.45, 7) is 5.26. The van der Waals surface area contributed by atoms with E-state index in [0.717, 1.165) is 51.1 Å². The number of carbonyl (C=O) groups excluding carboxylic acids is 3. The van der Waals surface area contributed by atoms with E-state index in [4.69, 9.17) is 0 Å². The molecular formula is C40H34N2O3. The molecule has 0 unspecified atom stereocenters. The fourth-order valence-corrected chi connectivity index (χ4v) is 6.15. The van der Waals surface area contributed by atoms with Gasteiger partial charge in [0.15, 0.2) is 5.78 Å². The molecule has 1 amide bonds. The summed E-state index contributed by atoms with van der Waals surface area (Å²) >= 11 is 0. The second kappa shape index (κ2) is 13.0. The fraction of sp³-hybridized carbons (Fsp3) is 0.125. The molecule has 0 saturated heterocycles. The lowest BCUT2D eigenvalue weighted by Crippen LogP contribution is -2.31. The van der Waals surface area contributed by atoms with E-state index in [-0.39, 0.29) is 17.5 Å². The largest absolute Gasteiger partial charge is 0.339 e. The zero-order valence-electron chi connectivity index (χ0n) is 25.4. The molecule has 0 bridgehead atoms. The third-order valence-electron chi connectivity index (χ3n) is 8.28. The van der Waals surface area contributed by atoms with Crippen LogP contribution >= 0.6 is 0 Å². The molecule has 222 valence electrons. The molecule has 3 aromatic rings. The SMILES string of the molecule is CCN(CC)C(=O)c1ccccc1C1=C(c2ccccc2)C2=CC=CC(=O)C2=C1c1ccccc1.O=C1C=CN2C=CCC=C12. The number of hydrogen-bond acceptors (Lipinski definition) is 4. The smallest absolute Gasteiger partial charge is 0.254 e. The monoisotopic (exact) mass is 590 g/mol. The Hall–Kier alpha value is -5.55. The first-order valence-electron chi connectivity index (χ1n) is 15.3. The molecule has 0 atom stereocenters. The number of carbonyl (C=O) groups is 3. The van der Waals surface area contributed by atoms with Crippen molar-refractivity contribution in [2.45, 2.75) is 20.3 Å². The highest BCUT2D eigenvalue weighted by atomic mass is 16.2. The van der Waals surface area contributed by atoms with Crippen LogP contribution in [0.3, 0.4) is 0 Å². The van der Waals surface area contributed by atoms with Crippen molar-refractivity contribution in [3.05, 3.63) is 173 Å². The number of allylic oxidation sites excluding steroid dienone is 11. The van der Waals surface area contributed by atoms with Gasteiger partial charge in [0.25, 0.3) is 5.91 Å². The van der Waals surface area contributed by atoms with Crippen molar-refractivity contribution < 1.29 is 14.4 Å². The van der Waals surface area contributed by atoms with Gasteiger partial charge in [0, 0.05) is 48.3 Å². The number of rotatable bonds is 6. The van der Waals surface area contributed by atoms with Gasteiger partial charge in [0.2, 0.25) is 5.78 Å². The molecule has 7 rings (SSSR count). The lowest BCUT2D eigenvalue weighted by molar-refractivity contribution is -0.112. The molecular weight excluding hydrogens is 556 g/mol. The van der Waals surface area contributed by atoms with E-state index in [0.29, 0.717) is 24.2 Å². The van der Waals surface area contributed by atoms with Crippen LogP contribution in [-0.4, -0.2) is 40.4 Å². The third kappa shape index (κ3) is 5.61. The van der Waals surface area contributed by atoms with E-state index >= 15 is 0 Å². The van der Waals surface area contributed by atoms with E-state index in [9.17, 15) is 14.4 Å². The highest BCUT2D eigenvalue weighted by molar-refractivity contribution is 6.35. The Kier molecular flexibility index (Phi) is 8.52. The summed E-state index contributed by atoms with van der Waals surface area (Å²) in [5.74, 6) is 0.0953. The summed E-state index contributed by atoms with van der Waals surface area (Å²) in [4.78, 5) is 41.6. The van der Waals surface area contributed by atoms with E-state index < -0.39 is 0 Å². The van der Waals surface area contributed by atoms with Crippen LogP contribution in [0, 0.1) is 0 Å². The van der Waals surface area contributed by atoms with Gasteiger partial charge in [-0.25, -0.2) is 0 Å². The summed E-state index contributed by atoms with van der Waals surface area (Å²) in [7, 11) is 0. The second-order valence-electron chi connectivity index (χ2n) is 10.9. The highest BCUT2D eigenvalue weighted by Crippen LogP contribution is 2.53. The molecule has 0 radical (unpaired) electrons. The molecule has 4 aliphatic rings. The number of amides is 1. The Bertz CT molecular complexity index is 1880. The Morgan fingerprint density at radius 1 is 0.711 bits per heavy atom. The minimum Gasteiger partial charge on any atom is -0.339 e. The van der Waals surface area contributed by atoms with Crippen molar-refractivity contribution in [2.75, 3.05) is 13.1 Å². The predicted molar refractivity (Wildman–Crippen MR) is 180 cm³/mol. The Labute approximate surface area is 264 Å². The number of hydrogen-bond donors (Lipinski definition) is 0. The average molecular weight is 591 g/mol. The lowest BCUT2D eigenvalue weighted by Gasteiger charge is -2.22. The van der Waals surface area contributed by atoms with Crippen molar-refractivity contribution in [3.8, 4) is 0 Å². The van der Waals surface area contributed by atoms with Gasteiger partial charge in [-0.05, 0) is 65.8 Å². The van der Waals surface area contributed by atoms with Gasteiger partial charge in [0.05, 0.1) is 5.70 Å². The Morgan fingerprint density at radius 3 is 2.02 bits per heavy atom. The maximum absolute atomic E-state index is 13.6. The van der Waals surface area contributed by atoms with E-state index in [1.54, 1.807) is 18.4 Å². The lowest BCUT2D eigenvalue weighted by atomic mass is 9.87. The molecule has 0 saturated carbocycles. The van der Waals surface area contributed by atoms with E-state index in [1.165, 1.54) is 0 Å². The van der Waals surface area contributed by atoms with Crippen LogP contribution in [-0.2, 0) is 9.59 Å². The van der Waals surface area contributed by atoms with Crippen LogP contribution in [0.2, 0.25) is 0 Å².